The summed E-state index contributed by atoms with van der Waals surface area (Å²) < 4.78 is 5.15. The lowest BCUT2D eigenvalue weighted by molar-refractivity contribution is 0.140. The van der Waals surface area contributed by atoms with Crippen molar-refractivity contribution in [1.29, 1.82) is 0 Å². The van der Waals surface area contributed by atoms with Gasteiger partial charge in [0.25, 0.3) is 0 Å². The van der Waals surface area contributed by atoms with Crippen LogP contribution in [0, 0.1) is 0 Å². The minimum Gasteiger partial charge on any atom is -0.490 e. The van der Waals surface area contributed by atoms with Crippen LogP contribution in [-0.2, 0) is 0 Å². The minimum absolute atomic E-state index is 0.259. The zero-order valence-electron chi connectivity index (χ0n) is 6.05. The number of halogens is 2. The molecular weight excluding hydrogens is 199 g/mol. The van der Waals surface area contributed by atoms with Crippen molar-refractivity contribution in [3.05, 3.63) is 27.7 Å². The van der Waals surface area contributed by atoms with Gasteiger partial charge in [-0.15, -0.1) is 0 Å². The van der Waals surface area contributed by atoms with E-state index < -0.39 is 6.10 Å². The van der Waals surface area contributed by atoms with Crippen molar-refractivity contribution in [2.75, 3.05) is 6.61 Å². The fourth-order valence-corrected chi connectivity index (χ4v) is 1.86. The highest BCUT2D eigenvalue weighted by molar-refractivity contribution is 6.35. The van der Waals surface area contributed by atoms with Crippen LogP contribution in [0.2, 0.25) is 10.0 Å². The second-order valence-corrected chi connectivity index (χ2v) is 3.47. The maximum Gasteiger partial charge on any atom is 0.128 e. The second-order valence-electron chi connectivity index (χ2n) is 2.63. The molecule has 0 bridgehead atoms. The summed E-state index contributed by atoms with van der Waals surface area (Å²) in [6.07, 6.45) is -0.621. The van der Waals surface area contributed by atoms with Crippen LogP contribution in [-0.4, -0.2) is 11.7 Å². The van der Waals surface area contributed by atoms with Crippen molar-refractivity contribution >= 4 is 23.2 Å². The molecule has 1 aromatic carbocycles. The molecule has 0 fully saturated rings. The van der Waals surface area contributed by atoms with Gasteiger partial charge in [0.2, 0.25) is 0 Å². The summed E-state index contributed by atoms with van der Waals surface area (Å²) in [5.74, 6) is 0.583. The normalized spacial score (nSPS) is 20.4. The molecule has 1 aliphatic rings. The van der Waals surface area contributed by atoms with E-state index in [1.165, 1.54) is 0 Å². The highest BCUT2D eigenvalue weighted by Gasteiger charge is 2.25. The van der Waals surface area contributed by atoms with Crippen LogP contribution in [0.25, 0.3) is 0 Å². The number of hydrogen-bond donors (Lipinski definition) is 1. The zero-order chi connectivity index (χ0) is 8.72. The lowest BCUT2D eigenvalue weighted by atomic mass is 10.1. The Kier molecular flexibility index (Phi) is 1.91. The third-order valence-electron chi connectivity index (χ3n) is 1.79. The lowest BCUT2D eigenvalue weighted by Crippen LogP contribution is -1.97. The number of fused-ring (bicyclic) bond motifs is 1. The van der Waals surface area contributed by atoms with Crippen LogP contribution in [0.5, 0.6) is 5.75 Å². The first-order chi connectivity index (χ1) is 5.68. The van der Waals surface area contributed by atoms with Gasteiger partial charge in [0.1, 0.15) is 18.5 Å². The molecule has 0 saturated heterocycles. The molecule has 1 aliphatic heterocycles. The Balaban J connectivity index is 2.60. The number of rotatable bonds is 0. The molecule has 2 rings (SSSR count). The Morgan fingerprint density at radius 3 is 2.92 bits per heavy atom. The summed E-state index contributed by atoms with van der Waals surface area (Å²) in [4.78, 5) is 0. The van der Waals surface area contributed by atoms with Crippen molar-refractivity contribution in [3.63, 3.8) is 0 Å². The minimum atomic E-state index is -0.621. The summed E-state index contributed by atoms with van der Waals surface area (Å²) >= 11 is 11.6. The molecule has 2 nitrogen and oxygen atoms in total. The van der Waals surface area contributed by atoms with E-state index in [1.54, 1.807) is 12.1 Å². The second kappa shape index (κ2) is 2.80. The average Bonchev–Trinajstić information content (AvgIpc) is 2.31. The molecule has 0 radical (unpaired) electrons. The highest BCUT2D eigenvalue weighted by atomic mass is 35.5. The Hall–Kier alpha value is -0.440. The lowest BCUT2D eigenvalue weighted by Gasteiger charge is -2.02. The van der Waals surface area contributed by atoms with Crippen molar-refractivity contribution in [2.45, 2.75) is 6.10 Å². The van der Waals surface area contributed by atoms with Crippen molar-refractivity contribution < 1.29 is 9.84 Å². The summed E-state index contributed by atoms with van der Waals surface area (Å²) in [6, 6.07) is 3.25. The van der Waals surface area contributed by atoms with Crippen LogP contribution >= 0.6 is 23.2 Å². The fourth-order valence-electron chi connectivity index (χ4n) is 1.26. The molecule has 12 heavy (non-hydrogen) atoms. The third kappa shape index (κ3) is 1.16. The van der Waals surface area contributed by atoms with Gasteiger partial charge in [-0.05, 0) is 12.1 Å². The number of aliphatic hydroxyl groups excluding tert-OH is 1. The van der Waals surface area contributed by atoms with E-state index in [-0.39, 0.29) is 6.61 Å². The van der Waals surface area contributed by atoms with Crippen LogP contribution in [0.15, 0.2) is 12.1 Å². The first-order valence-electron chi connectivity index (χ1n) is 3.48. The Bertz CT molecular complexity index is 325. The molecule has 1 heterocycles. The van der Waals surface area contributed by atoms with E-state index in [2.05, 4.69) is 0 Å². The molecule has 0 spiro atoms. The van der Waals surface area contributed by atoms with E-state index in [0.717, 1.165) is 0 Å². The van der Waals surface area contributed by atoms with Gasteiger partial charge in [0.05, 0.1) is 5.02 Å². The molecule has 64 valence electrons. The maximum absolute atomic E-state index is 9.40. The molecular formula is C8H6Cl2O2. The van der Waals surface area contributed by atoms with Gasteiger partial charge in [-0.2, -0.15) is 0 Å². The van der Waals surface area contributed by atoms with E-state index in [0.29, 0.717) is 21.4 Å². The Morgan fingerprint density at radius 2 is 2.17 bits per heavy atom. The van der Waals surface area contributed by atoms with Crippen molar-refractivity contribution in [1.82, 2.24) is 0 Å². The smallest absolute Gasteiger partial charge is 0.128 e. The van der Waals surface area contributed by atoms with E-state index in [1.807, 2.05) is 0 Å². The number of benzene rings is 1. The van der Waals surface area contributed by atoms with E-state index >= 15 is 0 Å². The standard InChI is InChI=1S/C8H6Cl2O2/c9-4-1-5(10)8-6(11)3-12-7(8)2-4/h1-2,6,11H,3H2. The van der Waals surface area contributed by atoms with Gasteiger partial charge in [0.15, 0.2) is 0 Å². The van der Waals surface area contributed by atoms with Gasteiger partial charge >= 0.3 is 0 Å². The molecule has 4 heteroatoms. The molecule has 1 N–H and O–H groups in total. The molecule has 0 saturated carbocycles. The predicted octanol–water partition coefficient (Wildman–Crippen LogP) is 2.42. The molecule has 1 aromatic rings. The van der Waals surface area contributed by atoms with Crippen molar-refractivity contribution in [2.24, 2.45) is 0 Å². The SMILES string of the molecule is OC1COc2cc(Cl)cc(Cl)c21. The van der Waals surface area contributed by atoms with Crippen LogP contribution in [0.4, 0.5) is 0 Å². The van der Waals surface area contributed by atoms with E-state index in [4.69, 9.17) is 27.9 Å². The van der Waals surface area contributed by atoms with Gasteiger partial charge in [-0.25, -0.2) is 0 Å². The largest absolute Gasteiger partial charge is 0.490 e. The monoisotopic (exact) mass is 204 g/mol. The Labute approximate surface area is 79.7 Å². The average molecular weight is 205 g/mol. The topological polar surface area (TPSA) is 29.5 Å². The number of ether oxygens (including phenoxy) is 1. The van der Waals surface area contributed by atoms with Crippen LogP contribution in [0.3, 0.4) is 0 Å². The fraction of sp³-hybridized carbons (Fsp3) is 0.250. The van der Waals surface area contributed by atoms with Gasteiger partial charge in [-0.3, -0.25) is 0 Å². The maximum atomic E-state index is 9.40. The Morgan fingerprint density at radius 1 is 1.42 bits per heavy atom. The molecule has 1 unspecified atom stereocenters. The van der Waals surface area contributed by atoms with Gasteiger partial charge in [-0.1, -0.05) is 23.2 Å². The zero-order valence-corrected chi connectivity index (χ0v) is 7.56. The van der Waals surface area contributed by atoms with Crippen LogP contribution < -0.4 is 4.74 Å². The van der Waals surface area contributed by atoms with Gasteiger partial charge in [0, 0.05) is 10.6 Å². The first kappa shape index (κ1) is 8.17. The molecule has 0 aromatic heterocycles. The highest BCUT2D eigenvalue weighted by Crippen LogP contribution is 2.39. The van der Waals surface area contributed by atoms with Crippen LogP contribution in [0.1, 0.15) is 11.7 Å². The number of aliphatic hydroxyl groups is 1. The summed E-state index contributed by atoms with van der Waals surface area (Å²) in [5, 5.41) is 10.4. The first-order valence-corrected chi connectivity index (χ1v) is 4.24. The van der Waals surface area contributed by atoms with Gasteiger partial charge < -0.3 is 9.84 Å². The predicted molar refractivity (Wildman–Crippen MR) is 46.9 cm³/mol. The summed E-state index contributed by atoms with van der Waals surface area (Å²) in [5.41, 5.74) is 0.640. The summed E-state index contributed by atoms with van der Waals surface area (Å²) in [6.45, 7) is 0.259. The molecule has 0 amide bonds. The van der Waals surface area contributed by atoms with Crippen molar-refractivity contribution in [3.8, 4) is 5.75 Å². The van der Waals surface area contributed by atoms with E-state index in [9.17, 15) is 5.11 Å². The molecule has 0 aliphatic carbocycles. The third-order valence-corrected chi connectivity index (χ3v) is 2.32. The number of hydrogen-bond acceptors (Lipinski definition) is 2. The summed E-state index contributed by atoms with van der Waals surface area (Å²) in [7, 11) is 0. The quantitative estimate of drug-likeness (QED) is 0.704. The molecule has 1 atom stereocenters.